The molecule has 2 unspecified atom stereocenters. The topological polar surface area (TPSA) is 112 Å². The largest absolute Gasteiger partial charge is 0.488 e. The van der Waals surface area contributed by atoms with Crippen molar-refractivity contribution in [1.29, 1.82) is 0 Å². The predicted molar refractivity (Wildman–Crippen MR) is 162 cm³/mol. The van der Waals surface area contributed by atoms with Gasteiger partial charge in [0.25, 0.3) is 0 Å². The van der Waals surface area contributed by atoms with Crippen LogP contribution in [0.5, 0.6) is 5.75 Å². The van der Waals surface area contributed by atoms with E-state index in [-0.39, 0.29) is 23.7 Å². The van der Waals surface area contributed by atoms with Gasteiger partial charge in [0.2, 0.25) is 5.91 Å². The summed E-state index contributed by atoms with van der Waals surface area (Å²) < 4.78 is 8.43. The first-order valence-electron chi connectivity index (χ1n) is 14.5. The summed E-state index contributed by atoms with van der Waals surface area (Å²) in [6, 6.07) is 5.54. The minimum Gasteiger partial charge on any atom is -0.488 e. The summed E-state index contributed by atoms with van der Waals surface area (Å²) in [5, 5.41) is 12.7. The Morgan fingerprint density at radius 2 is 2.00 bits per heavy atom. The maximum Gasteiger partial charge on any atom is 0.350 e. The van der Waals surface area contributed by atoms with Gasteiger partial charge in [0.05, 0.1) is 16.6 Å². The summed E-state index contributed by atoms with van der Waals surface area (Å²) in [6.45, 7) is 12.3. The van der Waals surface area contributed by atoms with E-state index in [2.05, 4.69) is 36.8 Å². The Balaban J connectivity index is 1.45. The van der Waals surface area contributed by atoms with Crippen molar-refractivity contribution in [2.45, 2.75) is 38.8 Å². The number of aromatic nitrogens is 5. The zero-order chi connectivity index (χ0) is 29.1. The number of carbonyl (C=O) groups excluding carboxylic acids is 1. The van der Waals surface area contributed by atoms with Gasteiger partial charge in [0, 0.05) is 48.7 Å². The highest BCUT2D eigenvalue weighted by Crippen LogP contribution is 2.48. The van der Waals surface area contributed by atoms with E-state index in [1.807, 2.05) is 36.6 Å². The van der Waals surface area contributed by atoms with Crippen molar-refractivity contribution < 1.29 is 9.53 Å². The summed E-state index contributed by atoms with van der Waals surface area (Å²) in [7, 11) is 0. The molecule has 218 valence electrons. The minimum atomic E-state index is -0.312. The Kier molecular flexibility index (Phi) is 6.66. The first-order chi connectivity index (χ1) is 20.4. The molecule has 3 aliphatic rings. The molecule has 3 aliphatic heterocycles. The molecule has 2 atom stereocenters. The Hall–Kier alpha value is -3.96. The van der Waals surface area contributed by atoms with Crippen LogP contribution in [0.25, 0.3) is 33.1 Å². The van der Waals surface area contributed by atoms with Crippen molar-refractivity contribution in [1.82, 2.24) is 34.8 Å². The van der Waals surface area contributed by atoms with Crippen LogP contribution in [0.2, 0.25) is 5.02 Å². The van der Waals surface area contributed by atoms with E-state index in [1.165, 1.54) is 6.08 Å². The minimum absolute atomic E-state index is 0.0779. The monoisotopic (exact) mass is 588 g/mol. The van der Waals surface area contributed by atoms with Crippen LogP contribution in [-0.4, -0.2) is 92.6 Å². The summed E-state index contributed by atoms with van der Waals surface area (Å²) in [5.41, 5.74) is 4.27. The van der Waals surface area contributed by atoms with Crippen LogP contribution in [0.3, 0.4) is 0 Å². The van der Waals surface area contributed by atoms with Gasteiger partial charge in [0.15, 0.2) is 5.75 Å². The van der Waals surface area contributed by atoms with Crippen molar-refractivity contribution in [2.75, 3.05) is 50.8 Å². The number of H-pyrrole nitrogens is 1. The van der Waals surface area contributed by atoms with Gasteiger partial charge in [-0.25, -0.2) is 4.79 Å². The molecule has 7 rings (SSSR count). The van der Waals surface area contributed by atoms with Gasteiger partial charge >= 0.3 is 5.69 Å². The molecule has 1 amide bonds. The number of hydrogen-bond acceptors (Lipinski definition) is 8. The van der Waals surface area contributed by atoms with Gasteiger partial charge in [-0.1, -0.05) is 24.2 Å². The third kappa shape index (κ3) is 4.25. The zero-order valence-electron chi connectivity index (χ0n) is 23.8. The molecule has 2 saturated heterocycles. The third-order valence-electron chi connectivity index (χ3n) is 8.88. The molecular weight excluding hydrogens is 556 g/mol. The molecule has 12 heteroatoms. The molecule has 2 aromatic heterocycles. The highest BCUT2D eigenvalue weighted by Gasteiger charge is 2.35. The number of piperazine rings is 1. The van der Waals surface area contributed by atoms with E-state index in [0.717, 1.165) is 48.0 Å². The molecule has 0 aliphatic carbocycles. The van der Waals surface area contributed by atoms with Crippen LogP contribution in [0.1, 0.15) is 31.4 Å². The highest BCUT2D eigenvalue weighted by molar-refractivity contribution is 6.35. The van der Waals surface area contributed by atoms with E-state index >= 15 is 0 Å². The van der Waals surface area contributed by atoms with Gasteiger partial charge in [0.1, 0.15) is 23.5 Å². The molecule has 1 N–H and O–H groups in total. The zero-order valence-corrected chi connectivity index (χ0v) is 24.5. The number of nitrogens with one attached hydrogen (secondary N) is 1. The van der Waals surface area contributed by atoms with Gasteiger partial charge in [-0.15, -0.1) is 0 Å². The molecule has 0 saturated carbocycles. The molecule has 2 aromatic carbocycles. The number of aryl methyl sites for hydroxylation is 1. The lowest BCUT2D eigenvalue weighted by Crippen LogP contribution is -2.54. The van der Waals surface area contributed by atoms with Crippen molar-refractivity contribution >= 4 is 45.3 Å². The number of fused-ring (bicyclic) bond motifs is 1. The Morgan fingerprint density at radius 3 is 2.76 bits per heavy atom. The van der Waals surface area contributed by atoms with E-state index in [9.17, 15) is 9.59 Å². The smallest absolute Gasteiger partial charge is 0.350 e. The van der Waals surface area contributed by atoms with Crippen LogP contribution >= 0.6 is 11.6 Å². The number of amides is 1. The fourth-order valence-corrected chi connectivity index (χ4v) is 7.13. The van der Waals surface area contributed by atoms with Crippen molar-refractivity contribution in [3.05, 3.63) is 51.9 Å². The molecule has 4 aromatic rings. The molecule has 0 radical (unpaired) electrons. The number of benzene rings is 2. The number of rotatable bonds is 5. The second kappa shape index (κ2) is 10.4. The van der Waals surface area contributed by atoms with E-state index in [4.69, 9.17) is 16.3 Å². The van der Waals surface area contributed by atoms with Gasteiger partial charge in [-0.05, 0) is 63.6 Å². The Morgan fingerprint density at radius 1 is 1.19 bits per heavy atom. The van der Waals surface area contributed by atoms with Gasteiger partial charge < -0.3 is 19.4 Å². The number of carbonyl (C=O) groups is 1. The first kappa shape index (κ1) is 26.9. The Bertz CT molecular complexity index is 1790. The van der Waals surface area contributed by atoms with Crippen molar-refractivity contribution in [3.63, 3.8) is 0 Å². The quantitative estimate of drug-likeness (QED) is 0.352. The van der Waals surface area contributed by atoms with Crippen LogP contribution in [-0.2, 0) is 4.79 Å². The van der Waals surface area contributed by atoms with Crippen LogP contribution in [0.4, 0.5) is 5.82 Å². The molecule has 5 heterocycles. The van der Waals surface area contributed by atoms with E-state index < -0.39 is 0 Å². The number of nitrogens with zero attached hydrogens (tertiary/aromatic N) is 7. The van der Waals surface area contributed by atoms with Crippen molar-refractivity contribution in [2.24, 2.45) is 0 Å². The standard InChI is InChI=1S/C30H33ClN8O3/c1-4-23(40)37-11-12-38(18(3)14-37)29-20-13-21(31)25(24-17(2)7-8-22-26(24)34-35-33-22)28-27(20)39(30(41)32-29)19(16-42-28)15-36-9-5-6-10-36/h4,7-8,13,18-19H,1,5-6,9-12,14-16H2,2-3H3,(H,33,34,35). The van der Waals surface area contributed by atoms with Gasteiger partial charge in [-0.3, -0.25) is 9.36 Å². The average molecular weight is 589 g/mol. The maximum absolute atomic E-state index is 14.0. The SMILES string of the molecule is C=CC(=O)N1CCN(c2nc(=O)n3c4c(c(-c5c(C)ccc6n[nH]nc56)c(Cl)cc24)OCC3CN2CCCC2)C(C)C1. The fourth-order valence-electron chi connectivity index (χ4n) is 6.84. The summed E-state index contributed by atoms with van der Waals surface area (Å²) >= 11 is 7.14. The van der Waals surface area contributed by atoms with Crippen LogP contribution in [0, 0.1) is 6.92 Å². The van der Waals surface area contributed by atoms with Crippen LogP contribution < -0.4 is 15.3 Å². The van der Waals surface area contributed by atoms with Crippen LogP contribution in [0.15, 0.2) is 35.6 Å². The maximum atomic E-state index is 14.0. The number of aromatic amines is 1. The lowest BCUT2D eigenvalue weighted by atomic mass is 9.95. The lowest BCUT2D eigenvalue weighted by Gasteiger charge is -2.41. The summed E-state index contributed by atoms with van der Waals surface area (Å²) in [5.74, 6) is 1.01. The number of anilines is 1. The molecular formula is C30H33ClN8O3. The predicted octanol–water partition coefficient (Wildman–Crippen LogP) is 3.55. The number of likely N-dealkylation sites (tertiary alicyclic amines) is 1. The summed E-state index contributed by atoms with van der Waals surface area (Å²) in [6.07, 6.45) is 3.65. The molecule has 2 fully saturated rings. The average Bonchev–Trinajstić information content (AvgIpc) is 3.68. The second-order valence-electron chi connectivity index (χ2n) is 11.5. The number of halogens is 1. The fraction of sp³-hybridized carbons (Fsp3) is 0.433. The lowest BCUT2D eigenvalue weighted by molar-refractivity contribution is -0.126. The molecule has 0 bridgehead atoms. The Labute approximate surface area is 247 Å². The summed E-state index contributed by atoms with van der Waals surface area (Å²) in [4.78, 5) is 37.3. The highest BCUT2D eigenvalue weighted by atomic mass is 35.5. The van der Waals surface area contributed by atoms with E-state index in [0.29, 0.717) is 66.0 Å². The molecule has 11 nitrogen and oxygen atoms in total. The third-order valence-corrected chi connectivity index (χ3v) is 9.18. The second-order valence-corrected chi connectivity index (χ2v) is 11.9. The van der Waals surface area contributed by atoms with E-state index in [1.54, 1.807) is 4.90 Å². The van der Waals surface area contributed by atoms with Crippen molar-refractivity contribution in [3.8, 4) is 16.9 Å². The molecule has 0 spiro atoms. The molecule has 42 heavy (non-hydrogen) atoms. The number of hydrogen-bond donors (Lipinski definition) is 1. The first-order valence-corrected chi connectivity index (χ1v) is 14.9. The number of ether oxygens (including phenoxy) is 1. The van der Waals surface area contributed by atoms with Gasteiger partial charge in [-0.2, -0.15) is 20.4 Å². The normalized spacial score (nSPS) is 20.8.